The minimum atomic E-state index is -0.0677. The molecule has 1 aromatic heterocycles. The molecule has 0 saturated carbocycles. The molecule has 1 saturated heterocycles. The molecular weight excluding hydrogens is 380 g/mol. The maximum Gasteiger partial charge on any atom is 0.256 e. The molecule has 0 unspecified atom stereocenters. The molecular formula is C24H26N2O2S. The fraction of sp³-hybridized carbons (Fsp3) is 0.292. The standard InChI is InChI=1S/C24H26N2O2S/c1-17-18(2)29-24(25-23(27)20-11-7-4-8-12-20)21(17)22(19-9-5-3-6-10-19)26-13-15-28-16-14-26/h3-12,22H,13-16H2,1-2H3,(H,25,27)/t22-/m0/s1. The summed E-state index contributed by atoms with van der Waals surface area (Å²) in [5.74, 6) is -0.0677. The van der Waals surface area contributed by atoms with Crippen LogP contribution in [0.25, 0.3) is 0 Å². The number of nitrogens with zero attached hydrogens (tertiary/aromatic N) is 1. The van der Waals surface area contributed by atoms with Crippen LogP contribution in [0.3, 0.4) is 0 Å². The second-order valence-corrected chi connectivity index (χ2v) is 8.53. The van der Waals surface area contributed by atoms with E-state index < -0.39 is 0 Å². The van der Waals surface area contributed by atoms with Gasteiger partial charge in [0.25, 0.3) is 5.91 Å². The summed E-state index contributed by atoms with van der Waals surface area (Å²) in [4.78, 5) is 16.6. The average Bonchev–Trinajstić information content (AvgIpc) is 3.04. The van der Waals surface area contributed by atoms with Crippen molar-refractivity contribution >= 4 is 22.2 Å². The summed E-state index contributed by atoms with van der Waals surface area (Å²) in [6.45, 7) is 7.51. The van der Waals surface area contributed by atoms with Gasteiger partial charge in [0.05, 0.1) is 19.3 Å². The average molecular weight is 407 g/mol. The second kappa shape index (κ2) is 8.91. The number of hydrogen-bond donors (Lipinski definition) is 1. The summed E-state index contributed by atoms with van der Waals surface area (Å²) in [7, 11) is 0. The highest BCUT2D eigenvalue weighted by molar-refractivity contribution is 7.16. The van der Waals surface area contributed by atoms with Crippen LogP contribution >= 0.6 is 11.3 Å². The summed E-state index contributed by atoms with van der Waals surface area (Å²) in [5.41, 5.74) is 4.36. The van der Waals surface area contributed by atoms with Gasteiger partial charge in [0.15, 0.2) is 0 Å². The first kappa shape index (κ1) is 19.8. The van der Waals surface area contributed by atoms with Gasteiger partial charge in [-0.2, -0.15) is 0 Å². The van der Waals surface area contributed by atoms with Gasteiger partial charge in [0, 0.05) is 29.1 Å². The van der Waals surface area contributed by atoms with Crippen molar-refractivity contribution in [3.63, 3.8) is 0 Å². The van der Waals surface area contributed by atoms with Crippen molar-refractivity contribution < 1.29 is 9.53 Å². The van der Waals surface area contributed by atoms with E-state index in [9.17, 15) is 4.79 Å². The molecule has 0 aliphatic carbocycles. The van der Waals surface area contributed by atoms with E-state index in [1.807, 2.05) is 36.4 Å². The quantitative estimate of drug-likeness (QED) is 0.645. The first-order valence-corrected chi connectivity index (χ1v) is 10.8. The molecule has 2 heterocycles. The normalized spacial score (nSPS) is 15.8. The molecule has 4 rings (SSSR count). The lowest BCUT2D eigenvalue weighted by atomic mass is 9.94. The molecule has 29 heavy (non-hydrogen) atoms. The van der Waals surface area contributed by atoms with Crippen LogP contribution < -0.4 is 5.32 Å². The number of rotatable bonds is 5. The number of carbonyl (C=O) groups excluding carboxylic acids is 1. The molecule has 1 aliphatic heterocycles. The Bertz CT molecular complexity index is 963. The van der Waals surface area contributed by atoms with Crippen molar-refractivity contribution in [2.75, 3.05) is 31.6 Å². The number of nitrogens with one attached hydrogen (secondary N) is 1. The number of ether oxygens (including phenoxy) is 1. The lowest BCUT2D eigenvalue weighted by Gasteiger charge is -2.35. The third kappa shape index (κ3) is 4.27. The zero-order valence-corrected chi connectivity index (χ0v) is 17.7. The van der Waals surface area contributed by atoms with Crippen LogP contribution in [0.15, 0.2) is 60.7 Å². The van der Waals surface area contributed by atoms with Gasteiger partial charge in [-0.15, -0.1) is 11.3 Å². The lowest BCUT2D eigenvalue weighted by molar-refractivity contribution is 0.0240. The zero-order chi connectivity index (χ0) is 20.2. The molecule has 0 bridgehead atoms. The van der Waals surface area contributed by atoms with E-state index in [-0.39, 0.29) is 11.9 Å². The van der Waals surface area contributed by atoms with E-state index in [4.69, 9.17) is 4.74 Å². The molecule has 0 radical (unpaired) electrons. The second-order valence-electron chi connectivity index (χ2n) is 7.31. The summed E-state index contributed by atoms with van der Waals surface area (Å²) in [6.07, 6.45) is 0. The maximum atomic E-state index is 12.9. The third-order valence-electron chi connectivity index (χ3n) is 5.49. The fourth-order valence-electron chi connectivity index (χ4n) is 3.86. The van der Waals surface area contributed by atoms with Crippen molar-refractivity contribution in [2.24, 2.45) is 0 Å². The van der Waals surface area contributed by atoms with Crippen molar-refractivity contribution in [2.45, 2.75) is 19.9 Å². The number of thiophene rings is 1. The Hall–Kier alpha value is -2.47. The molecule has 4 nitrogen and oxygen atoms in total. The Balaban J connectivity index is 1.75. The predicted molar refractivity (Wildman–Crippen MR) is 119 cm³/mol. The predicted octanol–water partition coefficient (Wildman–Crippen LogP) is 5.04. The SMILES string of the molecule is Cc1sc(NC(=O)c2ccccc2)c([C@H](c2ccccc2)N2CCOCC2)c1C. The van der Waals surface area contributed by atoms with Crippen LogP contribution in [0.1, 0.15) is 38.0 Å². The molecule has 1 atom stereocenters. The topological polar surface area (TPSA) is 41.6 Å². The molecule has 150 valence electrons. The van der Waals surface area contributed by atoms with Gasteiger partial charge in [-0.05, 0) is 37.1 Å². The summed E-state index contributed by atoms with van der Waals surface area (Å²) in [6, 6.07) is 20.1. The van der Waals surface area contributed by atoms with Crippen LogP contribution in [0.5, 0.6) is 0 Å². The maximum absolute atomic E-state index is 12.9. The molecule has 1 fully saturated rings. The Morgan fingerprint density at radius 3 is 2.28 bits per heavy atom. The van der Waals surface area contributed by atoms with Crippen molar-refractivity contribution in [3.8, 4) is 0 Å². The third-order valence-corrected chi connectivity index (χ3v) is 6.63. The number of hydrogen-bond acceptors (Lipinski definition) is 4. The van der Waals surface area contributed by atoms with Gasteiger partial charge >= 0.3 is 0 Å². The van der Waals surface area contributed by atoms with Gasteiger partial charge in [-0.25, -0.2) is 0 Å². The molecule has 5 heteroatoms. The number of amides is 1. The summed E-state index contributed by atoms with van der Waals surface area (Å²) < 4.78 is 5.60. The highest BCUT2D eigenvalue weighted by atomic mass is 32.1. The van der Waals surface area contributed by atoms with Gasteiger partial charge in [-0.1, -0.05) is 48.5 Å². The smallest absolute Gasteiger partial charge is 0.256 e. The Labute approximate surface area is 176 Å². The van der Waals surface area contributed by atoms with E-state index in [0.717, 1.165) is 31.3 Å². The van der Waals surface area contributed by atoms with Gasteiger partial charge in [0.2, 0.25) is 0 Å². The highest BCUT2D eigenvalue weighted by Gasteiger charge is 2.30. The van der Waals surface area contributed by atoms with E-state index in [0.29, 0.717) is 5.56 Å². The van der Waals surface area contributed by atoms with E-state index >= 15 is 0 Å². The largest absolute Gasteiger partial charge is 0.379 e. The van der Waals surface area contributed by atoms with Crippen molar-refractivity contribution in [1.29, 1.82) is 0 Å². The van der Waals surface area contributed by atoms with Crippen molar-refractivity contribution in [1.82, 2.24) is 4.90 Å². The lowest BCUT2D eigenvalue weighted by Crippen LogP contribution is -2.39. The first-order valence-electron chi connectivity index (χ1n) is 9.98. The van der Waals surface area contributed by atoms with E-state index in [1.165, 1.54) is 21.6 Å². The zero-order valence-electron chi connectivity index (χ0n) is 16.9. The molecule has 2 aromatic carbocycles. The Morgan fingerprint density at radius 2 is 1.62 bits per heavy atom. The fourth-order valence-corrected chi connectivity index (χ4v) is 4.95. The number of aryl methyl sites for hydroxylation is 1. The van der Waals surface area contributed by atoms with Crippen molar-refractivity contribution in [3.05, 3.63) is 87.8 Å². The number of morpholine rings is 1. The van der Waals surface area contributed by atoms with E-state index in [1.54, 1.807) is 11.3 Å². The van der Waals surface area contributed by atoms with E-state index in [2.05, 4.69) is 48.3 Å². The van der Waals surface area contributed by atoms with Crippen LogP contribution in [0.2, 0.25) is 0 Å². The number of anilines is 1. The number of benzene rings is 2. The van der Waals surface area contributed by atoms with Crippen LogP contribution in [0, 0.1) is 13.8 Å². The molecule has 1 aliphatic rings. The highest BCUT2D eigenvalue weighted by Crippen LogP contribution is 2.42. The van der Waals surface area contributed by atoms with Gasteiger partial charge in [-0.3, -0.25) is 9.69 Å². The van der Waals surface area contributed by atoms with Crippen LogP contribution in [-0.2, 0) is 4.74 Å². The minimum absolute atomic E-state index is 0.0677. The molecule has 1 N–H and O–H groups in total. The number of carbonyl (C=O) groups is 1. The Morgan fingerprint density at radius 1 is 1.00 bits per heavy atom. The monoisotopic (exact) mass is 406 g/mol. The van der Waals surface area contributed by atoms with Gasteiger partial charge in [0.1, 0.15) is 5.00 Å². The molecule has 3 aromatic rings. The molecule has 1 amide bonds. The summed E-state index contributed by atoms with van der Waals surface area (Å²) in [5, 5.41) is 4.14. The minimum Gasteiger partial charge on any atom is -0.379 e. The van der Waals surface area contributed by atoms with Crippen LogP contribution in [0.4, 0.5) is 5.00 Å². The van der Waals surface area contributed by atoms with Crippen LogP contribution in [-0.4, -0.2) is 37.1 Å². The van der Waals surface area contributed by atoms with Gasteiger partial charge < -0.3 is 10.1 Å². The Kier molecular flexibility index (Phi) is 6.09. The summed E-state index contributed by atoms with van der Waals surface area (Å²) >= 11 is 1.66. The molecule has 0 spiro atoms. The first-order chi connectivity index (χ1) is 14.1.